The molecular weight excluding hydrogens is 353 g/mol. The van der Waals surface area contributed by atoms with Crippen molar-refractivity contribution in [2.45, 2.75) is 71.6 Å². The van der Waals surface area contributed by atoms with Gasteiger partial charge in [0.25, 0.3) is 0 Å². The van der Waals surface area contributed by atoms with E-state index in [0.29, 0.717) is 11.1 Å². The van der Waals surface area contributed by atoms with Crippen LogP contribution in [0.3, 0.4) is 0 Å². The van der Waals surface area contributed by atoms with Gasteiger partial charge in [-0.05, 0) is 34.4 Å². The average Bonchev–Trinajstić information content (AvgIpc) is 2.33. The smallest absolute Gasteiger partial charge is 0.240 e. The monoisotopic (exact) mass is 380 g/mol. The normalized spacial score (nSPS) is 12.8. The molecule has 0 radical (unpaired) electrons. The van der Waals surface area contributed by atoms with Gasteiger partial charge < -0.3 is 4.13 Å². The Morgan fingerprint density at radius 3 is 1.46 bits per heavy atom. The van der Waals surface area contributed by atoms with Crippen LogP contribution in [-0.2, 0) is 20.4 Å². The van der Waals surface area contributed by atoms with Crippen LogP contribution in [0.5, 0.6) is 0 Å². The zero-order valence-electron chi connectivity index (χ0n) is 14.2. The van der Waals surface area contributed by atoms with Crippen molar-refractivity contribution in [3.05, 3.63) is 33.0 Å². The Morgan fingerprint density at radius 2 is 1.21 bits per heavy atom. The van der Waals surface area contributed by atoms with Gasteiger partial charge in [-0.3, -0.25) is 0 Å². The summed E-state index contributed by atoms with van der Waals surface area (Å²) in [6, 6.07) is 3.46. The number of benzene rings is 1. The van der Waals surface area contributed by atoms with Gasteiger partial charge in [0, 0.05) is 0 Å². The summed E-state index contributed by atoms with van der Waals surface area (Å²) < 4.78 is 61.6. The molecule has 140 valence electrons. The predicted octanol–water partition coefficient (Wildman–Crippen LogP) is 4.97. The minimum atomic E-state index is -5.50. The van der Waals surface area contributed by atoms with Crippen LogP contribution < -0.4 is 0 Å². The minimum absolute atomic E-state index is 0. The van der Waals surface area contributed by atoms with Crippen LogP contribution in [0.25, 0.3) is 4.13 Å². The molecular formula is C16H27FNO4S2-. The molecule has 0 heterocycles. The van der Waals surface area contributed by atoms with E-state index in [1.165, 1.54) is 0 Å². The van der Waals surface area contributed by atoms with Crippen molar-refractivity contribution >= 4 is 20.4 Å². The van der Waals surface area contributed by atoms with Gasteiger partial charge in [-0.25, -0.2) is 16.8 Å². The lowest BCUT2D eigenvalue weighted by atomic mass is 9.89. The molecule has 0 saturated heterocycles. The van der Waals surface area contributed by atoms with Crippen LogP contribution in [0.1, 0.15) is 83.4 Å². The van der Waals surface area contributed by atoms with Crippen LogP contribution in [-0.4, -0.2) is 16.8 Å². The molecule has 24 heavy (non-hydrogen) atoms. The standard InChI is InChI=1S/C15H23FNO4S2.CH4/c1-9(2)12-7-13(10(3)4)15(14(8-12)11(5)6)22(18,19)17-23(16,20)21;/h7-11H,1-6H3;1H4/q-1;. The summed E-state index contributed by atoms with van der Waals surface area (Å²) in [6.45, 7) is 11.2. The molecule has 1 aromatic carbocycles. The van der Waals surface area contributed by atoms with E-state index in [-0.39, 0.29) is 30.1 Å². The van der Waals surface area contributed by atoms with Crippen molar-refractivity contribution < 1.29 is 20.7 Å². The van der Waals surface area contributed by atoms with E-state index >= 15 is 0 Å². The van der Waals surface area contributed by atoms with E-state index in [1.807, 2.05) is 13.8 Å². The third-order valence-electron chi connectivity index (χ3n) is 3.52. The fraction of sp³-hybridized carbons (Fsp3) is 0.625. The summed E-state index contributed by atoms with van der Waals surface area (Å²) in [4.78, 5) is -0.201. The van der Waals surface area contributed by atoms with Gasteiger partial charge in [-0.15, -0.1) is 3.89 Å². The Balaban J connectivity index is 0.00000529. The highest BCUT2D eigenvalue weighted by Crippen LogP contribution is 2.37. The van der Waals surface area contributed by atoms with Crippen LogP contribution in [0, 0.1) is 0 Å². The molecule has 0 spiro atoms. The van der Waals surface area contributed by atoms with E-state index in [9.17, 15) is 20.7 Å². The fourth-order valence-electron chi connectivity index (χ4n) is 2.34. The molecule has 8 heteroatoms. The molecule has 1 aromatic rings. The Hall–Kier alpha value is -0.990. The average molecular weight is 381 g/mol. The second-order valence-corrected chi connectivity index (χ2v) is 9.23. The third kappa shape index (κ3) is 5.53. The van der Waals surface area contributed by atoms with Crippen molar-refractivity contribution in [1.82, 2.24) is 0 Å². The van der Waals surface area contributed by atoms with Gasteiger partial charge in [0.05, 0.1) is 4.90 Å². The van der Waals surface area contributed by atoms with Crippen molar-refractivity contribution in [3.63, 3.8) is 0 Å². The number of nitrogens with zero attached hydrogens (tertiary/aromatic N) is 1. The molecule has 0 aliphatic heterocycles. The highest BCUT2D eigenvalue weighted by atomic mass is 32.3. The summed E-state index contributed by atoms with van der Waals surface area (Å²) >= 11 is 0. The van der Waals surface area contributed by atoms with Gasteiger partial charge in [0.15, 0.2) is 0 Å². The topological polar surface area (TPSA) is 82.4 Å². The zero-order chi connectivity index (χ0) is 18.2. The van der Waals surface area contributed by atoms with E-state index in [2.05, 4.69) is 4.13 Å². The molecule has 0 N–H and O–H groups in total. The van der Waals surface area contributed by atoms with Gasteiger partial charge >= 0.3 is 0 Å². The van der Waals surface area contributed by atoms with E-state index in [0.717, 1.165) is 5.56 Å². The van der Waals surface area contributed by atoms with Crippen LogP contribution in [0.2, 0.25) is 0 Å². The Labute approximate surface area is 146 Å². The molecule has 0 amide bonds. The summed E-state index contributed by atoms with van der Waals surface area (Å²) in [5.41, 5.74) is 1.85. The molecule has 0 unspecified atom stereocenters. The second kappa shape index (κ2) is 7.93. The van der Waals surface area contributed by atoms with Gasteiger partial charge in [0.1, 0.15) is 10.0 Å². The first-order valence-electron chi connectivity index (χ1n) is 7.38. The summed E-state index contributed by atoms with van der Waals surface area (Å²) in [6.07, 6.45) is 0. The molecule has 5 nitrogen and oxygen atoms in total. The fourth-order valence-corrected chi connectivity index (χ4v) is 4.76. The molecule has 1 rings (SSSR count). The first-order chi connectivity index (χ1) is 10.3. The molecule has 0 aliphatic rings. The maximum Gasteiger partial charge on any atom is 0.240 e. The van der Waals surface area contributed by atoms with Crippen molar-refractivity contribution in [1.29, 1.82) is 0 Å². The largest absolute Gasteiger partial charge is 0.403 e. The van der Waals surface area contributed by atoms with Crippen molar-refractivity contribution in [2.24, 2.45) is 0 Å². The highest BCUT2D eigenvalue weighted by molar-refractivity contribution is 8.10. The first-order valence-corrected chi connectivity index (χ1v) is 10.2. The Kier molecular flexibility index (Phi) is 7.60. The van der Waals surface area contributed by atoms with E-state index in [1.54, 1.807) is 39.8 Å². The maximum atomic E-state index is 12.9. The highest BCUT2D eigenvalue weighted by Gasteiger charge is 2.23. The van der Waals surface area contributed by atoms with E-state index < -0.39 is 20.4 Å². The van der Waals surface area contributed by atoms with Crippen molar-refractivity contribution in [3.8, 4) is 0 Å². The molecule has 0 fully saturated rings. The van der Waals surface area contributed by atoms with Crippen LogP contribution >= 0.6 is 0 Å². The van der Waals surface area contributed by atoms with Gasteiger partial charge in [-0.2, -0.15) is 0 Å². The molecule has 0 aliphatic carbocycles. The summed E-state index contributed by atoms with van der Waals surface area (Å²) in [5.74, 6) is -0.203. The lowest BCUT2D eigenvalue weighted by Crippen LogP contribution is -2.13. The molecule has 0 saturated carbocycles. The number of rotatable bonds is 6. The summed E-state index contributed by atoms with van der Waals surface area (Å²) in [7, 11) is -10.2. The SMILES string of the molecule is C.CC(C)c1cc(C(C)C)c(S(=O)(=O)[N-]S(=O)(=O)F)c(C(C)C)c1. The van der Waals surface area contributed by atoms with Crippen LogP contribution in [0.4, 0.5) is 3.89 Å². The maximum absolute atomic E-state index is 12.9. The van der Waals surface area contributed by atoms with Gasteiger partial charge in [0.2, 0.25) is 10.4 Å². The quantitative estimate of drug-likeness (QED) is 0.652. The van der Waals surface area contributed by atoms with Crippen molar-refractivity contribution in [2.75, 3.05) is 0 Å². The first kappa shape index (κ1) is 23.0. The zero-order valence-corrected chi connectivity index (χ0v) is 15.8. The lowest BCUT2D eigenvalue weighted by Gasteiger charge is -2.26. The molecule has 0 bridgehead atoms. The lowest BCUT2D eigenvalue weighted by molar-refractivity contribution is 0.559. The Morgan fingerprint density at radius 1 is 0.833 bits per heavy atom. The van der Waals surface area contributed by atoms with E-state index in [4.69, 9.17) is 0 Å². The molecule has 0 aromatic heterocycles. The summed E-state index contributed by atoms with van der Waals surface area (Å²) in [5, 5.41) is 0. The Bertz CT molecular complexity index is 753. The molecule has 0 atom stereocenters. The van der Waals surface area contributed by atoms with Crippen LogP contribution in [0.15, 0.2) is 17.0 Å². The minimum Gasteiger partial charge on any atom is -0.403 e. The predicted molar refractivity (Wildman–Crippen MR) is 96.0 cm³/mol. The van der Waals surface area contributed by atoms with Gasteiger partial charge in [-0.1, -0.05) is 61.1 Å². The third-order valence-corrected chi connectivity index (χ3v) is 6.01. The number of sulfonamides is 1. The number of hydrogen-bond donors (Lipinski definition) is 0. The number of hydrogen-bond acceptors (Lipinski definition) is 4. The second-order valence-electron chi connectivity index (χ2n) is 6.45. The number of halogens is 1.